The summed E-state index contributed by atoms with van der Waals surface area (Å²) < 4.78 is 39.3. The first-order valence-corrected chi connectivity index (χ1v) is 7.65. The standard InChI is InChI=1S/C19H17F3N2/c1-12-14(7-5-8-16(12)19(20,21)22)13(2)24-18-10-11-23-17-9-4-3-6-15(17)18/h3-11,13H,1-2H3,(H,23,24). The van der Waals surface area contributed by atoms with Crippen LogP contribution in [0.25, 0.3) is 10.9 Å². The summed E-state index contributed by atoms with van der Waals surface area (Å²) in [6.07, 6.45) is -2.65. The van der Waals surface area contributed by atoms with Crippen LogP contribution in [0.4, 0.5) is 18.9 Å². The van der Waals surface area contributed by atoms with Crippen molar-refractivity contribution < 1.29 is 13.2 Å². The van der Waals surface area contributed by atoms with Crippen molar-refractivity contribution in [1.29, 1.82) is 0 Å². The molecule has 3 aromatic rings. The maximum Gasteiger partial charge on any atom is 0.416 e. The molecule has 0 fully saturated rings. The largest absolute Gasteiger partial charge is 0.416 e. The Bertz CT molecular complexity index is 867. The van der Waals surface area contributed by atoms with Gasteiger partial charge in [0.15, 0.2) is 0 Å². The van der Waals surface area contributed by atoms with Crippen molar-refractivity contribution in [3.8, 4) is 0 Å². The molecule has 0 saturated carbocycles. The number of alkyl halides is 3. The van der Waals surface area contributed by atoms with Crippen molar-refractivity contribution in [3.63, 3.8) is 0 Å². The number of halogens is 3. The number of fused-ring (bicyclic) bond motifs is 1. The number of nitrogens with one attached hydrogen (secondary N) is 1. The normalized spacial score (nSPS) is 13.0. The van der Waals surface area contributed by atoms with Crippen LogP contribution >= 0.6 is 0 Å². The van der Waals surface area contributed by atoms with Crippen molar-refractivity contribution in [3.05, 3.63) is 71.4 Å². The molecule has 5 heteroatoms. The maximum atomic E-state index is 13.1. The molecule has 0 aliphatic heterocycles. The van der Waals surface area contributed by atoms with Gasteiger partial charge in [0.05, 0.1) is 11.1 Å². The fourth-order valence-corrected chi connectivity index (χ4v) is 2.96. The van der Waals surface area contributed by atoms with Crippen molar-refractivity contribution >= 4 is 16.6 Å². The highest BCUT2D eigenvalue weighted by molar-refractivity contribution is 5.91. The topological polar surface area (TPSA) is 24.9 Å². The Morgan fingerprint density at radius 1 is 1.00 bits per heavy atom. The molecule has 1 N–H and O–H groups in total. The Labute approximate surface area is 138 Å². The van der Waals surface area contributed by atoms with Gasteiger partial charge in [0, 0.05) is 23.3 Å². The average Bonchev–Trinajstić information content (AvgIpc) is 2.54. The van der Waals surface area contributed by atoms with Crippen LogP contribution in [0.1, 0.15) is 29.7 Å². The molecule has 2 aromatic carbocycles. The highest BCUT2D eigenvalue weighted by Gasteiger charge is 2.33. The molecule has 0 saturated heterocycles. The summed E-state index contributed by atoms with van der Waals surface area (Å²) >= 11 is 0. The van der Waals surface area contributed by atoms with E-state index in [9.17, 15) is 13.2 Å². The minimum Gasteiger partial charge on any atom is -0.378 e. The average molecular weight is 330 g/mol. The van der Waals surface area contributed by atoms with Crippen LogP contribution in [0.5, 0.6) is 0 Å². The zero-order valence-electron chi connectivity index (χ0n) is 13.4. The highest BCUT2D eigenvalue weighted by Crippen LogP contribution is 2.35. The first kappa shape index (κ1) is 16.3. The van der Waals surface area contributed by atoms with Gasteiger partial charge in [-0.3, -0.25) is 4.98 Å². The van der Waals surface area contributed by atoms with Crippen LogP contribution < -0.4 is 5.32 Å². The van der Waals surface area contributed by atoms with Crippen molar-refractivity contribution in [2.75, 3.05) is 5.32 Å². The van der Waals surface area contributed by atoms with E-state index >= 15 is 0 Å². The second kappa shape index (κ2) is 6.15. The second-order valence-electron chi connectivity index (χ2n) is 5.76. The molecule has 124 valence electrons. The number of hydrogen-bond donors (Lipinski definition) is 1. The summed E-state index contributed by atoms with van der Waals surface area (Å²) in [6, 6.07) is 13.5. The molecule has 0 aliphatic rings. The van der Waals surface area contributed by atoms with Crippen molar-refractivity contribution in [2.45, 2.75) is 26.1 Å². The van der Waals surface area contributed by atoms with Crippen LogP contribution in [-0.2, 0) is 6.18 Å². The van der Waals surface area contributed by atoms with E-state index < -0.39 is 11.7 Å². The van der Waals surface area contributed by atoms with Gasteiger partial charge in [-0.05, 0) is 43.2 Å². The molecular formula is C19H17F3N2. The number of para-hydroxylation sites is 1. The third-order valence-corrected chi connectivity index (χ3v) is 4.17. The molecule has 0 aliphatic carbocycles. The van der Waals surface area contributed by atoms with E-state index in [2.05, 4.69) is 10.3 Å². The quantitative estimate of drug-likeness (QED) is 0.663. The molecule has 1 heterocycles. The van der Waals surface area contributed by atoms with Gasteiger partial charge in [0.2, 0.25) is 0 Å². The molecular weight excluding hydrogens is 313 g/mol. The van der Waals surface area contributed by atoms with Crippen LogP contribution in [0, 0.1) is 6.92 Å². The van der Waals surface area contributed by atoms with Crippen LogP contribution in [0.3, 0.4) is 0 Å². The molecule has 0 spiro atoms. The van der Waals surface area contributed by atoms with Gasteiger partial charge < -0.3 is 5.32 Å². The van der Waals surface area contributed by atoms with E-state index in [4.69, 9.17) is 0 Å². The lowest BCUT2D eigenvalue weighted by Crippen LogP contribution is -2.13. The van der Waals surface area contributed by atoms with Gasteiger partial charge in [-0.1, -0.05) is 30.3 Å². The molecule has 0 amide bonds. The summed E-state index contributed by atoms with van der Waals surface area (Å²) in [5.41, 5.74) is 1.99. The Hall–Kier alpha value is -2.56. The third-order valence-electron chi connectivity index (χ3n) is 4.17. The predicted octanol–water partition coefficient (Wildman–Crippen LogP) is 5.74. The Balaban J connectivity index is 1.97. The summed E-state index contributed by atoms with van der Waals surface area (Å²) in [5, 5.41) is 4.25. The monoisotopic (exact) mass is 330 g/mol. The number of aromatic nitrogens is 1. The molecule has 1 unspecified atom stereocenters. The van der Waals surface area contributed by atoms with Crippen molar-refractivity contribution in [1.82, 2.24) is 4.98 Å². The lowest BCUT2D eigenvalue weighted by molar-refractivity contribution is -0.138. The minimum atomic E-state index is -4.34. The first-order chi connectivity index (χ1) is 11.4. The van der Waals surface area contributed by atoms with Gasteiger partial charge in [0.1, 0.15) is 0 Å². The van der Waals surface area contributed by atoms with E-state index in [0.29, 0.717) is 5.56 Å². The van der Waals surface area contributed by atoms with Gasteiger partial charge in [-0.2, -0.15) is 13.2 Å². The Morgan fingerprint density at radius 2 is 1.75 bits per heavy atom. The van der Waals surface area contributed by atoms with Crippen LogP contribution in [0.2, 0.25) is 0 Å². The minimum absolute atomic E-state index is 0.253. The zero-order chi connectivity index (χ0) is 17.3. The molecule has 1 aromatic heterocycles. The fourth-order valence-electron chi connectivity index (χ4n) is 2.96. The number of anilines is 1. The number of pyridine rings is 1. The maximum absolute atomic E-state index is 13.1. The number of nitrogens with zero attached hydrogens (tertiary/aromatic N) is 1. The van der Waals surface area contributed by atoms with Gasteiger partial charge in [-0.15, -0.1) is 0 Å². The highest BCUT2D eigenvalue weighted by atomic mass is 19.4. The zero-order valence-corrected chi connectivity index (χ0v) is 13.4. The predicted molar refractivity (Wildman–Crippen MR) is 90.0 cm³/mol. The number of rotatable bonds is 3. The summed E-state index contributed by atoms with van der Waals surface area (Å²) in [5.74, 6) is 0. The van der Waals surface area contributed by atoms with E-state index in [0.717, 1.165) is 22.7 Å². The molecule has 3 rings (SSSR count). The third kappa shape index (κ3) is 3.07. The SMILES string of the molecule is Cc1c(C(C)Nc2ccnc3ccccc23)cccc1C(F)(F)F. The Morgan fingerprint density at radius 3 is 2.50 bits per heavy atom. The fraction of sp³-hybridized carbons (Fsp3) is 0.211. The molecule has 2 nitrogen and oxygen atoms in total. The van der Waals surface area contributed by atoms with E-state index in [1.165, 1.54) is 13.0 Å². The van der Waals surface area contributed by atoms with E-state index in [1.54, 1.807) is 12.3 Å². The molecule has 0 bridgehead atoms. The summed E-state index contributed by atoms with van der Waals surface area (Å²) in [6.45, 7) is 3.37. The Kier molecular flexibility index (Phi) is 4.18. The van der Waals surface area contributed by atoms with E-state index in [1.807, 2.05) is 37.3 Å². The molecule has 1 atom stereocenters. The summed E-state index contributed by atoms with van der Waals surface area (Å²) in [7, 11) is 0. The molecule has 24 heavy (non-hydrogen) atoms. The first-order valence-electron chi connectivity index (χ1n) is 7.65. The lowest BCUT2D eigenvalue weighted by atomic mass is 9.97. The number of hydrogen-bond acceptors (Lipinski definition) is 2. The van der Waals surface area contributed by atoms with Gasteiger partial charge in [-0.25, -0.2) is 0 Å². The van der Waals surface area contributed by atoms with E-state index in [-0.39, 0.29) is 11.6 Å². The van der Waals surface area contributed by atoms with Crippen LogP contribution in [0.15, 0.2) is 54.7 Å². The molecule has 0 radical (unpaired) electrons. The van der Waals surface area contributed by atoms with Gasteiger partial charge >= 0.3 is 6.18 Å². The second-order valence-corrected chi connectivity index (χ2v) is 5.76. The van der Waals surface area contributed by atoms with Crippen molar-refractivity contribution in [2.24, 2.45) is 0 Å². The smallest absolute Gasteiger partial charge is 0.378 e. The lowest BCUT2D eigenvalue weighted by Gasteiger charge is -2.21. The van der Waals surface area contributed by atoms with Crippen LogP contribution in [-0.4, -0.2) is 4.98 Å². The van der Waals surface area contributed by atoms with Gasteiger partial charge in [0.25, 0.3) is 0 Å². The number of benzene rings is 2. The summed E-state index contributed by atoms with van der Waals surface area (Å²) in [4.78, 5) is 4.30.